The third-order valence-corrected chi connectivity index (χ3v) is 4.51. The van der Waals surface area contributed by atoms with Crippen molar-refractivity contribution in [1.29, 1.82) is 0 Å². The highest BCUT2D eigenvalue weighted by atomic mass is 32.2. The number of hydrogen-bond acceptors (Lipinski definition) is 5. The van der Waals surface area contributed by atoms with Gasteiger partial charge in [0, 0.05) is 23.7 Å². The van der Waals surface area contributed by atoms with E-state index in [4.69, 9.17) is 4.42 Å². The molecule has 0 unspecified atom stereocenters. The minimum Gasteiger partial charge on any atom is -0.467 e. The minimum absolute atomic E-state index is 0.299. The fraction of sp³-hybridized carbons (Fsp3) is 0.118. The van der Waals surface area contributed by atoms with E-state index in [1.54, 1.807) is 36.7 Å². The molecule has 1 aromatic carbocycles. The molecule has 0 fully saturated rings. The molecule has 0 aliphatic heterocycles. The third-order valence-electron chi connectivity index (χ3n) is 3.39. The van der Waals surface area contributed by atoms with Gasteiger partial charge in [0.25, 0.3) is 0 Å². The van der Waals surface area contributed by atoms with Crippen LogP contribution < -0.4 is 5.32 Å². The Hall–Kier alpha value is -2.60. The molecular weight excluding hydrogens is 312 g/mol. The van der Waals surface area contributed by atoms with E-state index >= 15 is 0 Å². The van der Waals surface area contributed by atoms with Crippen molar-refractivity contribution in [2.24, 2.45) is 0 Å². The third kappa shape index (κ3) is 3.78. The molecule has 0 amide bonds. The summed E-state index contributed by atoms with van der Waals surface area (Å²) in [6, 6.07) is 14.2. The quantitative estimate of drug-likeness (QED) is 0.777. The lowest BCUT2D eigenvalue weighted by Crippen LogP contribution is -1.99. The first-order chi connectivity index (χ1) is 11.0. The molecular formula is C17H16N2O3S. The molecule has 0 aliphatic carbocycles. The molecule has 23 heavy (non-hydrogen) atoms. The average molecular weight is 328 g/mol. The molecule has 5 nitrogen and oxygen atoms in total. The van der Waals surface area contributed by atoms with Gasteiger partial charge in [0.15, 0.2) is 9.84 Å². The number of nitrogens with zero attached hydrogens (tertiary/aromatic N) is 1. The molecule has 2 aromatic heterocycles. The van der Waals surface area contributed by atoms with Gasteiger partial charge in [0.05, 0.1) is 23.4 Å². The second-order valence-electron chi connectivity index (χ2n) is 5.16. The molecule has 0 bridgehead atoms. The van der Waals surface area contributed by atoms with E-state index < -0.39 is 9.84 Å². The van der Waals surface area contributed by atoms with Crippen LogP contribution in [0.25, 0.3) is 11.3 Å². The number of sulfone groups is 1. The van der Waals surface area contributed by atoms with Crippen molar-refractivity contribution in [2.75, 3.05) is 11.6 Å². The summed E-state index contributed by atoms with van der Waals surface area (Å²) in [7, 11) is -3.19. The Kier molecular flexibility index (Phi) is 4.16. The number of hydrogen-bond donors (Lipinski definition) is 1. The van der Waals surface area contributed by atoms with E-state index in [-0.39, 0.29) is 0 Å². The highest BCUT2D eigenvalue weighted by Crippen LogP contribution is 2.22. The monoisotopic (exact) mass is 328 g/mol. The Balaban J connectivity index is 1.79. The summed E-state index contributed by atoms with van der Waals surface area (Å²) in [4.78, 5) is 4.63. The number of anilines is 1. The van der Waals surface area contributed by atoms with Gasteiger partial charge < -0.3 is 9.73 Å². The van der Waals surface area contributed by atoms with Gasteiger partial charge in [-0.25, -0.2) is 8.42 Å². The SMILES string of the molecule is CS(=O)(=O)c1ccc(-c2cc(NCc3ccco3)ccn2)cc1. The van der Waals surface area contributed by atoms with Gasteiger partial charge in [0.1, 0.15) is 5.76 Å². The fourth-order valence-electron chi connectivity index (χ4n) is 2.17. The molecule has 0 aliphatic rings. The number of benzene rings is 1. The van der Waals surface area contributed by atoms with Crippen LogP contribution in [0.15, 0.2) is 70.3 Å². The van der Waals surface area contributed by atoms with E-state index in [9.17, 15) is 8.42 Å². The minimum atomic E-state index is -3.19. The maximum absolute atomic E-state index is 11.5. The van der Waals surface area contributed by atoms with E-state index in [0.29, 0.717) is 11.4 Å². The van der Waals surface area contributed by atoms with Gasteiger partial charge in [0.2, 0.25) is 0 Å². The van der Waals surface area contributed by atoms with E-state index in [1.807, 2.05) is 24.3 Å². The zero-order chi connectivity index (χ0) is 16.3. The second-order valence-corrected chi connectivity index (χ2v) is 7.17. The summed E-state index contributed by atoms with van der Waals surface area (Å²) in [5, 5.41) is 3.26. The van der Waals surface area contributed by atoms with E-state index in [0.717, 1.165) is 22.7 Å². The van der Waals surface area contributed by atoms with E-state index in [2.05, 4.69) is 10.3 Å². The van der Waals surface area contributed by atoms with Crippen LogP contribution in [0.1, 0.15) is 5.76 Å². The lowest BCUT2D eigenvalue weighted by molar-refractivity contribution is 0.518. The normalized spacial score (nSPS) is 11.3. The molecule has 0 radical (unpaired) electrons. The lowest BCUT2D eigenvalue weighted by Gasteiger charge is -2.07. The highest BCUT2D eigenvalue weighted by Gasteiger charge is 2.07. The number of rotatable bonds is 5. The van der Waals surface area contributed by atoms with Gasteiger partial charge in [-0.2, -0.15) is 0 Å². The van der Waals surface area contributed by atoms with Crippen molar-refractivity contribution in [2.45, 2.75) is 11.4 Å². The second kappa shape index (κ2) is 6.26. The topological polar surface area (TPSA) is 72.2 Å². The predicted molar refractivity (Wildman–Crippen MR) is 88.8 cm³/mol. The van der Waals surface area contributed by atoms with Crippen molar-refractivity contribution in [1.82, 2.24) is 4.98 Å². The highest BCUT2D eigenvalue weighted by molar-refractivity contribution is 7.90. The van der Waals surface area contributed by atoms with Gasteiger partial charge >= 0.3 is 0 Å². The Labute approximate surface area is 134 Å². The van der Waals surface area contributed by atoms with Crippen molar-refractivity contribution in [3.63, 3.8) is 0 Å². The van der Waals surface area contributed by atoms with Crippen molar-refractivity contribution in [3.8, 4) is 11.3 Å². The number of pyridine rings is 1. The zero-order valence-electron chi connectivity index (χ0n) is 12.6. The largest absolute Gasteiger partial charge is 0.467 e. The van der Waals surface area contributed by atoms with Crippen LogP contribution in [0.3, 0.4) is 0 Å². The summed E-state index contributed by atoms with van der Waals surface area (Å²) in [6.45, 7) is 0.587. The van der Waals surface area contributed by atoms with Crippen molar-refractivity contribution >= 4 is 15.5 Å². The molecule has 118 valence electrons. The Bertz CT molecular complexity index is 886. The fourth-order valence-corrected chi connectivity index (χ4v) is 2.80. The van der Waals surface area contributed by atoms with Crippen LogP contribution in [0, 0.1) is 0 Å². The van der Waals surface area contributed by atoms with Gasteiger partial charge in [-0.05, 0) is 36.4 Å². The van der Waals surface area contributed by atoms with Crippen LogP contribution in [-0.2, 0) is 16.4 Å². The van der Waals surface area contributed by atoms with Crippen LogP contribution in [-0.4, -0.2) is 19.7 Å². The molecule has 0 saturated heterocycles. The van der Waals surface area contributed by atoms with Crippen LogP contribution in [0.5, 0.6) is 0 Å². The summed E-state index contributed by atoms with van der Waals surface area (Å²) >= 11 is 0. The lowest BCUT2D eigenvalue weighted by atomic mass is 10.1. The maximum Gasteiger partial charge on any atom is 0.175 e. The van der Waals surface area contributed by atoms with Crippen LogP contribution in [0.4, 0.5) is 5.69 Å². The van der Waals surface area contributed by atoms with Crippen LogP contribution >= 0.6 is 0 Å². The number of nitrogens with one attached hydrogen (secondary N) is 1. The number of aromatic nitrogens is 1. The first-order valence-electron chi connectivity index (χ1n) is 7.05. The number of furan rings is 1. The van der Waals surface area contributed by atoms with Gasteiger partial charge in [-0.1, -0.05) is 12.1 Å². The average Bonchev–Trinajstić information content (AvgIpc) is 3.06. The van der Waals surface area contributed by atoms with E-state index in [1.165, 1.54) is 6.26 Å². The predicted octanol–water partition coefficient (Wildman–Crippen LogP) is 3.36. The summed E-state index contributed by atoms with van der Waals surface area (Å²) in [6.07, 6.45) is 4.54. The van der Waals surface area contributed by atoms with Crippen molar-refractivity contribution < 1.29 is 12.8 Å². The van der Waals surface area contributed by atoms with Gasteiger partial charge in [-0.15, -0.1) is 0 Å². The van der Waals surface area contributed by atoms with Crippen LogP contribution in [0.2, 0.25) is 0 Å². The van der Waals surface area contributed by atoms with Crippen molar-refractivity contribution in [3.05, 3.63) is 66.8 Å². The molecule has 2 heterocycles. The van der Waals surface area contributed by atoms with Gasteiger partial charge in [-0.3, -0.25) is 4.98 Å². The molecule has 6 heteroatoms. The standard InChI is InChI=1S/C17H16N2O3S/c1-23(20,21)16-6-4-13(5-7-16)17-11-14(8-9-18-17)19-12-15-3-2-10-22-15/h2-11H,12H2,1H3,(H,18,19). The first kappa shape index (κ1) is 15.3. The molecule has 0 atom stereocenters. The molecule has 1 N–H and O–H groups in total. The first-order valence-corrected chi connectivity index (χ1v) is 8.94. The molecule has 3 aromatic rings. The smallest absolute Gasteiger partial charge is 0.175 e. The maximum atomic E-state index is 11.5. The summed E-state index contributed by atoms with van der Waals surface area (Å²) in [5.74, 6) is 0.848. The zero-order valence-corrected chi connectivity index (χ0v) is 13.4. The molecule has 3 rings (SSSR count). The Morgan fingerprint density at radius 2 is 1.91 bits per heavy atom. The molecule has 0 spiro atoms. The summed E-state index contributed by atoms with van der Waals surface area (Å²) in [5.41, 5.74) is 2.55. The molecule has 0 saturated carbocycles. The summed E-state index contributed by atoms with van der Waals surface area (Å²) < 4.78 is 28.3. The Morgan fingerprint density at radius 1 is 1.13 bits per heavy atom. The Morgan fingerprint density at radius 3 is 2.57 bits per heavy atom.